The van der Waals surface area contributed by atoms with Crippen LogP contribution in [0, 0.1) is 0 Å². The SMILES string of the molecule is CCC(=O)c1cccc(-c2ccc(OC(C)C)cc2)c1. The van der Waals surface area contributed by atoms with Crippen molar-refractivity contribution in [2.24, 2.45) is 0 Å². The topological polar surface area (TPSA) is 26.3 Å². The molecule has 20 heavy (non-hydrogen) atoms. The number of hydrogen-bond acceptors (Lipinski definition) is 2. The third-order valence-electron chi connectivity index (χ3n) is 3.07. The van der Waals surface area contributed by atoms with E-state index >= 15 is 0 Å². The van der Waals surface area contributed by atoms with Gasteiger partial charge in [0.2, 0.25) is 0 Å². The second kappa shape index (κ2) is 6.38. The predicted molar refractivity (Wildman–Crippen MR) is 82.3 cm³/mol. The van der Waals surface area contributed by atoms with Gasteiger partial charge >= 0.3 is 0 Å². The molecular weight excluding hydrogens is 248 g/mol. The standard InChI is InChI=1S/C18H20O2/c1-4-18(19)16-7-5-6-15(12-16)14-8-10-17(11-9-14)20-13(2)3/h5-13H,4H2,1-3H3. The fraction of sp³-hybridized carbons (Fsp3) is 0.278. The Morgan fingerprint density at radius 1 is 1.05 bits per heavy atom. The first-order chi connectivity index (χ1) is 9.60. The minimum absolute atomic E-state index is 0.173. The van der Waals surface area contributed by atoms with Crippen molar-refractivity contribution in [3.63, 3.8) is 0 Å². The van der Waals surface area contributed by atoms with Gasteiger partial charge in [-0.25, -0.2) is 0 Å². The number of Topliss-reactive ketones (excluding diaryl/α,β-unsaturated/α-hetero) is 1. The highest BCUT2D eigenvalue weighted by Crippen LogP contribution is 2.24. The second-order valence-electron chi connectivity index (χ2n) is 5.05. The van der Waals surface area contributed by atoms with Crippen LogP contribution in [0.4, 0.5) is 0 Å². The van der Waals surface area contributed by atoms with Gasteiger partial charge < -0.3 is 4.74 Å². The van der Waals surface area contributed by atoms with E-state index in [1.54, 1.807) is 0 Å². The van der Waals surface area contributed by atoms with Crippen LogP contribution in [-0.4, -0.2) is 11.9 Å². The zero-order valence-electron chi connectivity index (χ0n) is 12.2. The van der Waals surface area contributed by atoms with Gasteiger partial charge in [-0.2, -0.15) is 0 Å². The first-order valence-electron chi connectivity index (χ1n) is 7.00. The molecule has 0 aliphatic rings. The molecule has 0 aliphatic heterocycles. The van der Waals surface area contributed by atoms with Crippen molar-refractivity contribution in [2.45, 2.75) is 33.3 Å². The van der Waals surface area contributed by atoms with Crippen molar-refractivity contribution in [3.05, 3.63) is 54.1 Å². The first kappa shape index (κ1) is 14.3. The van der Waals surface area contributed by atoms with E-state index in [4.69, 9.17) is 4.74 Å². The number of ketones is 1. The monoisotopic (exact) mass is 268 g/mol. The summed E-state index contributed by atoms with van der Waals surface area (Å²) in [6.07, 6.45) is 0.705. The molecule has 0 amide bonds. The van der Waals surface area contributed by atoms with Gasteiger partial charge in [-0.1, -0.05) is 37.3 Å². The largest absolute Gasteiger partial charge is 0.491 e. The lowest BCUT2D eigenvalue weighted by molar-refractivity contribution is 0.0988. The quantitative estimate of drug-likeness (QED) is 0.732. The molecule has 2 aromatic carbocycles. The second-order valence-corrected chi connectivity index (χ2v) is 5.05. The van der Waals surface area contributed by atoms with Gasteiger partial charge in [-0.15, -0.1) is 0 Å². The van der Waals surface area contributed by atoms with Crippen LogP contribution in [0.3, 0.4) is 0 Å². The summed E-state index contributed by atoms with van der Waals surface area (Å²) in [7, 11) is 0. The van der Waals surface area contributed by atoms with Crippen molar-refractivity contribution < 1.29 is 9.53 Å². The van der Waals surface area contributed by atoms with Crippen molar-refractivity contribution >= 4 is 5.78 Å². The highest BCUT2D eigenvalue weighted by Gasteiger charge is 2.05. The van der Waals surface area contributed by atoms with Gasteiger partial charge in [0.25, 0.3) is 0 Å². The van der Waals surface area contributed by atoms with E-state index in [1.165, 1.54) is 0 Å². The van der Waals surface area contributed by atoms with Crippen LogP contribution in [0.2, 0.25) is 0 Å². The zero-order valence-corrected chi connectivity index (χ0v) is 12.2. The van der Waals surface area contributed by atoms with Crippen molar-refractivity contribution in [1.82, 2.24) is 0 Å². The van der Waals surface area contributed by atoms with E-state index in [0.717, 1.165) is 22.4 Å². The highest BCUT2D eigenvalue weighted by atomic mass is 16.5. The number of hydrogen-bond donors (Lipinski definition) is 0. The number of carbonyl (C=O) groups excluding carboxylic acids is 1. The molecule has 104 valence electrons. The normalized spacial score (nSPS) is 10.6. The Balaban J connectivity index is 2.25. The molecule has 0 fully saturated rings. The van der Waals surface area contributed by atoms with E-state index < -0.39 is 0 Å². The molecule has 0 unspecified atom stereocenters. The summed E-state index contributed by atoms with van der Waals surface area (Å²) >= 11 is 0. The maximum atomic E-state index is 11.8. The predicted octanol–water partition coefficient (Wildman–Crippen LogP) is 4.73. The van der Waals surface area contributed by atoms with Gasteiger partial charge in [0.1, 0.15) is 5.75 Å². The summed E-state index contributed by atoms with van der Waals surface area (Å²) in [5.74, 6) is 1.04. The Morgan fingerprint density at radius 3 is 2.35 bits per heavy atom. The van der Waals surface area contributed by atoms with Crippen molar-refractivity contribution in [3.8, 4) is 16.9 Å². The summed E-state index contributed by atoms with van der Waals surface area (Å²) in [5.41, 5.74) is 2.92. The molecule has 2 aromatic rings. The Hall–Kier alpha value is -2.09. The Labute approximate surface area is 120 Å². The van der Waals surface area contributed by atoms with E-state index in [2.05, 4.69) is 0 Å². The highest BCUT2D eigenvalue weighted by molar-refractivity contribution is 5.97. The number of ether oxygens (including phenoxy) is 1. The molecule has 0 bridgehead atoms. The van der Waals surface area contributed by atoms with E-state index in [0.29, 0.717) is 6.42 Å². The van der Waals surface area contributed by atoms with Crippen LogP contribution in [0.1, 0.15) is 37.6 Å². The molecule has 0 heterocycles. The van der Waals surface area contributed by atoms with Crippen LogP contribution in [0.5, 0.6) is 5.75 Å². The third-order valence-corrected chi connectivity index (χ3v) is 3.07. The number of benzene rings is 2. The van der Waals surface area contributed by atoms with Crippen molar-refractivity contribution in [1.29, 1.82) is 0 Å². The van der Waals surface area contributed by atoms with Crippen LogP contribution in [0.25, 0.3) is 11.1 Å². The molecular formula is C18H20O2. The molecule has 0 saturated heterocycles. The lowest BCUT2D eigenvalue weighted by atomic mass is 10.0. The zero-order chi connectivity index (χ0) is 14.5. The van der Waals surface area contributed by atoms with E-state index in [-0.39, 0.29) is 11.9 Å². The van der Waals surface area contributed by atoms with Gasteiger partial charge in [-0.05, 0) is 43.2 Å². The van der Waals surface area contributed by atoms with Crippen LogP contribution < -0.4 is 4.74 Å². The molecule has 0 saturated carbocycles. The molecule has 0 radical (unpaired) electrons. The van der Waals surface area contributed by atoms with Gasteiger partial charge in [0.15, 0.2) is 5.78 Å². The Morgan fingerprint density at radius 2 is 1.75 bits per heavy atom. The Kier molecular flexibility index (Phi) is 4.57. The minimum atomic E-state index is 0.173. The van der Waals surface area contributed by atoms with E-state index in [1.807, 2.05) is 69.3 Å². The fourth-order valence-corrected chi connectivity index (χ4v) is 2.07. The number of rotatable bonds is 5. The summed E-state index contributed by atoms with van der Waals surface area (Å²) in [5, 5.41) is 0. The Bertz CT molecular complexity index is 583. The summed E-state index contributed by atoms with van der Waals surface area (Å²) in [4.78, 5) is 11.8. The maximum Gasteiger partial charge on any atom is 0.162 e. The molecule has 2 rings (SSSR count). The molecule has 0 aromatic heterocycles. The lowest BCUT2D eigenvalue weighted by Crippen LogP contribution is -2.05. The first-order valence-corrected chi connectivity index (χ1v) is 7.00. The fourth-order valence-electron chi connectivity index (χ4n) is 2.07. The van der Waals surface area contributed by atoms with Crippen LogP contribution >= 0.6 is 0 Å². The van der Waals surface area contributed by atoms with Crippen LogP contribution in [0.15, 0.2) is 48.5 Å². The van der Waals surface area contributed by atoms with Gasteiger partial charge in [0, 0.05) is 12.0 Å². The summed E-state index contributed by atoms with van der Waals surface area (Å²) in [6, 6.07) is 15.7. The summed E-state index contributed by atoms with van der Waals surface area (Å²) < 4.78 is 5.63. The molecule has 2 nitrogen and oxygen atoms in total. The smallest absolute Gasteiger partial charge is 0.162 e. The van der Waals surface area contributed by atoms with Gasteiger partial charge in [0.05, 0.1) is 6.10 Å². The van der Waals surface area contributed by atoms with Gasteiger partial charge in [-0.3, -0.25) is 4.79 Å². The average Bonchev–Trinajstić information content (AvgIpc) is 2.47. The molecule has 0 aliphatic carbocycles. The molecule has 0 N–H and O–H groups in total. The minimum Gasteiger partial charge on any atom is -0.491 e. The molecule has 0 atom stereocenters. The summed E-state index contributed by atoms with van der Waals surface area (Å²) in [6.45, 7) is 5.90. The molecule has 0 spiro atoms. The van der Waals surface area contributed by atoms with Crippen LogP contribution in [-0.2, 0) is 0 Å². The number of carbonyl (C=O) groups is 1. The average molecular weight is 268 g/mol. The lowest BCUT2D eigenvalue weighted by Gasteiger charge is -2.10. The molecule has 2 heteroatoms. The third kappa shape index (κ3) is 3.47. The van der Waals surface area contributed by atoms with E-state index in [9.17, 15) is 4.79 Å². The maximum absolute atomic E-state index is 11.8. The van der Waals surface area contributed by atoms with Crippen molar-refractivity contribution in [2.75, 3.05) is 0 Å².